The standard InChI is InChI=1S/C21H29N5O/c1-14(2)17(12-27)10-18-24-20(22-11-16-8-6-5-7-9-16)19-21(25-18)26(13-23-19)15(3)4/h5-9,13-15,17,27H,10-12H2,1-4H3,(H,22,24,25). The van der Waals surface area contributed by atoms with Gasteiger partial charge < -0.3 is 15.0 Å². The third-order valence-corrected chi connectivity index (χ3v) is 4.95. The minimum absolute atomic E-state index is 0.134. The molecular formula is C21H29N5O. The number of nitrogens with one attached hydrogen (secondary N) is 1. The van der Waals surface area contributed by atoms with Gasteiger partial charge in [0.2, 0.25) is 0 Å². The van der Waals surface area contributed by atoms with E-state index in [4.69, 9.17) is 9.97 Å². The number of aliphatic hydroxyl groups is 1. The first-order valence-corrected chi connectivity index (χ1v) is 9.61. The molecule has 3 rings (SSSR count). The van der Waals surface area contributed by atoms with E-state index < -0.39 is 0 Å². The van der Waals surface area contributed by atoms with Crippen LogP contribution in [0.5, 0.6) is 0 Å². The summed E-state index contributed by atoms with van der Waals surface area (Å²) in [6.07, 6.45) is 2.47. The molecule has 0 aliphatic carbocycles. The number of hydrogen-bond acceptors (Lipinski definition) is 5. The lowest BCUT2D eigenvalue weighted by Crippen LogP contribution is -2.18. The van der Waals surface area contributed by atoms with Gasteiger partial charge in [-0.15, -0.1) is 0 Å². The molecule has 2 N–H and O–H groups in total. The number of nitrogens with zero attached hydrogens (tertiary/aromatic N) is 4. The van der Waals surface area contributed by atoms with Gasteiger partial charge in [-0.2, -0.15) is 0 Å². The fraction of sp³-hybridized carbons (Fsp3) is 0.476. The quantitative estimate of drug-likeness (QED) is 0.633. The molecule has 1 unspecified atom stereocenters. The minimum Gasteiger partial charge on any atom is -0.396 e. The van der Waals surface area contributed by atoms with Crippen molar-refractivity contribution in [2.45, 2.75) is 46.7 Å². The number of hydrogen-bond donors (Lipinski definition) is 2. The molecule has 1 aromatic carbocycles. The van der Waals surface area contributed by atoms with Gasteiger partial charge in [0.1, 0.15) is 11.3 Å². The smallest absolute Gasteiger partial charge is 0.166 e. The molecule has 0 saturated carbocycles. The molecule has 0 fully saturated rings. The maximum absolute atomic E-state index is 9.71. The Kier molecular flexibility index (Phi) is 6.06. The van der Waals surface area contributed by atoms with Crippen molar-refractivity contribution < 1.29 is 5.11 Å². The Bertz CT molecular complexity index is 873. The molecule has 0 amide bonds. The molecule has 0 aliphatic heterocycles. The third kappa shape index (κ3) is 4.45. The van der Waals surface area contributed by atoms with Crippen molar-refractivity contribution in [1.29, 1.82) is 0 Å². The molecule has 0 radical (unpaired) electrons. The van der Waals surface area contributed by atoms with E-state index in [-0.39, 0.29) is 18.6 Å². The van der Waals surface area contributed by atoms with E-state index in [2.05, 4.69) is 54.7 Å². The molecule has 3 aromatic rings. The molecule has 2 aromatic heterocycles. The average molecular weight is 367 g/mol. The molecule has 144 valence electrons. The minimum atomic E-state index is 0.134. The van der Waals surface area contributed by atoms with Gasteiger partial charge in [0.15, 0.2) is 11.5 Å². The van der Waals surface area contributed by atoms with Gasteiger partial charge in [0, 0.05) is 25.6 Å². The van der Waals surface area contributed by atoms with Crippen LogP contribution in [0.15, 0.2) is 36.7 Å². The van der Waals surface area contributed by atoms with Crippen LogP contribution in [0.4, 0.5) is 5.82 Å². The van der Waals surface area contributed by atoms with Crippen LogP contribution in [0.2, 0.25) is 0 Å². The Morgan fingerprint density at radius 2 is 1.81 bits per heavy atom. The van der Waals surface area contributed by atoms with Gasteiger partial charge in [0.05, 0.1) is 6.33 Å². The summed E-state index contributed by atoms with van der Waals surface area (Å²) in [5.41, 5.74) is 2.81. The lowest BCUT2D eigenvalue weighted by Gasteiger charge is -2.18. The van der Waals surface area contributed by atoms with Crippen LogP contribution < -0.4 is 5.32 Å². The fourth-order valence-electron chi connectivity index (χ4n) is 3.08. The highest BCUT2D eigenvalue weighted by Gasteiger charge is 2.19. The summed E-state index contributed by atoms with van der Waals surface area (Å²) >= 11 is 0. The van der Waals surface area contributed by atoms with E-state index in [1.54, 1.807) is 0 Å². The Balaban J connectivity index is 1.96. The number of aromatic nitrogens is 4. The largest absolute Gasteiger partial charge is 0.396 e. The first kappa shape index (κ1) is 19.3. The van der Waals surface area contributed by atoms with E-state index in [9.17, 15) is 5.11 Å². The maximum Gasteiger partial charge on any atom is 0.166 e. The second-order valence-electron chi connectivity index (χ2n) is 7.64. The molecule has 1 atom stereocenters. The summed E-state index contributed by atoms with van der Waals surface area (Å²) in [6, 6.07) is 10.5. The third-order valence-electron chi connectivity index (χ3n) is 4.95. The van der Waals surface area contributed by atoms with Gasteiger partial charge in [-0.3, -0.25) is 0 Å². The fourth-order valence-corrected chi connectivity index (χ4v) is 3.08. The van der Waals surface area contributed by atoms with Crippen LogP contribution in [0.1, 0.15) is 45.1 Å². The highest BCUT2D eigenvalue weighted by molar-refractivity contribution is 5.83. The summed E-state index contributed by atoms with van der Waals surface area (Å²) in [5.74, 6) is 2.00. The Morgan fingerprint density at radius 3 is 2.44 bits per heavy atom. The molecule has 27 heavy (non-hydrogen) atoms. The van der Waals surface area contributed by atoms with Gasteiger partial charge in [-0.1, -0.05) is 44.2 Å². The maximum atomic E-state index is 9.71. The predicted molar refractivity (Wildman–Crippen MR) is 109 cm³/mol. The summed E-state index contributed by atoms with van der Waals surface area (Å²) in [6.45, 7) is 9.28. The van der Waals surface area contributed by atoms with Gasteiger partial charge in [-0.05, 0) is 31.2 Å². The Hall–Kier alpha value is -2.47. The highest BCUT2D eigenvalue weighted by atomic mass is 16.3. The Morgan fingerprint density at radius 1 is 1.07 bits per heavy atom. The Labute approximate surface area is 160 Å². The first-order chi connectivity index (χ1) is 13.0. The highest BCUT2D eigenvalue weighted by Crippen LogP contribution is 2.24. The van der Waals surface area contributed by atoms with Gasteiger partial charge >= 0.3 is 0 Å². The number of benzene rings is 1. The van der Waals surface area contributed by atoms with Crippen molar-refractivity contribution in [3.63, 3.8) is 0 Å². The zero-order valence-electron chi connectivity index (χ0n) is 16.6. The van der Waals surface area contributed by atoms with Crippen LogP contribution >= 0.6 is 0 Å². The van der Waals surface area contributed by atoms with Crippen LogP contribution in [-0.2, 0) is 13.0 Å². The SMILES string of the molecule is CC(C)C(CO)Cc1nc(NCc2ccccc2)c2ncn(C(C)C)c2n1. The monoisotopic (exact) mass is 367 g/mol. The first-order valence-electron chi connectivity index (χ1n) is 9.61. The molecule has 0 aliphatic rings. The van der Waals surface area contributed by atoms with Crippen LogP contribution in [0.25, 0.3) is 11.2 Å². The van der Waals surface area contributed by atoms with Crippen molar-refractivity contribution in [2.75, 3.05) is 11.9 Å². The van der Waals surface area contributed by atoms with E-state index in [1.165, 1.54) is 5.56 Å². The zero-order chi connectivity index (χ0) is 19.4. The van der Waals surface area contributed by atoms with Gasteiger partial charge in [-0.25, -0.2) is 15.0 Å². The summed E-state index contributed by atoms with van der Waals surface area (Å²) in [7, 11) is 0. The number of rotatable bonds is 8. The average Bonchev–Trinajstić information content (AvgIpc) is 3.09. The predicted octanol–water partition coefficient (Wildman–Crippen LogP) is 3.83. The zero-order valence-corrected chi connectivity index (χ0v) is 16.6. The number of imidazole rings is 1. The lowest BCUT2D eigenvalue weighted by atomic mass is 9.93. The van der Waals surface area contributed by atoms with E-state index in [0.29, 0.717) is 18.9 Å². The topological polar surface area (TPSA) is 75.9 Å². The molecule has 0 saturated heterocycles. The second kappa shape index (κ2) is 8.48. The number of anilines is 1. The molecular weight excluding hydrogens is 338 g/mol. The summed E-state index contributed by atoms with van der Waals surface area (Å²) in [5, 5.41) is 13.1. The normalized spacial score (nSPS) is 12.9. The molecule has 6 heteroatoms. The molecule has 6 nitrogen and oxygen atoms in total. The van der Waals surface area contributed by atoms with E-state index in [0.717, 1.165) is 22.8 Å². The number of aliphatic hydroxyl groups excluding tert-OH is 1. The van der Waals surface area contributed by atoms with Crippen LogP contribution in [0.3, 0.4) is 0 Å². The van der Waals surface area contributed by atoms with Crippen molar-refractivity contribution in [2.24, 2.45) is 11.8 Å². The van der Waals surface area contributed by atoms with Crippen molar-refractivity contribution in [1.82, 2.24) is 19.5 Å². The van der Waals surface area contributed by atoms with E-state index >= 15 is 0 Å². The molecule has 0 spiro atoms. The van der Waals surface area contributed by atoms with E-state index in [1.807, 2.05) is 24.5 Å². The van der Waals surface area contributed by atoms with Crippen molar-refractivity contribution in [3.8, 4) is 0 Å². The second-order valence-corrected chi connectivity index (χ2v) is 7.64. The van der Waals surface area contributed by atoms with Crippen LogP contribution in [0, 0.1) is 11.8 Å². The lowest BCUT2D eigenvalue weighted by molar-refractivity contribution is 0.187. The summed E-state index contributed by atoms with van der Waals surface area (Å²) < 4.78 is 2.07. The molecule has 2 heterocycles. The van der Waals surface area contributed by atoms with Crippen molar-refractivity contribution >= 4 is 17.0 Å². The van der Waals surface area contributed by atoms with Gasteiger partial charge in [0.25, 0.3) is 0 Å². The van der Waals surface area contributed by atoms with Crippen LogP contribution in [-0.4, -0.2) is 31.2 Å². The number of fused-ring (bicyclic) bond motifs is 1. The summed E-state index contributed by atoms with van der Waals surface area (Å²) in [4.78, 5) is 14.1. The molecule has 0 bridgehead atoms. The van der Waals surface area contributed by atoms with Crippen molar-refractivity contribution in [3.05, 3.63) is 48.0 Å².